The highest BCUT2D eigenvalue weighted by molar-refractivity contribution is 5.85. The Balaban J connectivity index is 0.00000162. The van der Waals surface area contributed by atoms with Crippen molar-refractivity contribution in [3.05, 3.63) is 75.6 Å². The van der Waals surface area contributed by atoms with E-state index in [1.807, 2.05) is 18.2 Å². The van der Waals surface area contributed by atoms with E-state index in [2.05, 4.69) is 34.1 Å². The van der Waals surface area contributed by atoms with Crippen molar-refractivity contribution in [1.82, 2.24) is 9.80 Å². The van der Waals surface area contributed by atoms with Crippen molar-refractivity contribution in [3.8, 4) is 5.75 Å². The second-order valence-electron chi connectivity index (χ2n) is 8.89. The van der Waals surface area contributed by atoms with Crippen LogP contribution < -0.4 is 10.4 Å². The molecule has 3 aromatic rings. The molecule has 0 bridgehead atoms. The van der Waals surface area contributed by atoms with Gasteiger partial charge in [0.25, 0.3) is 0 Å². The number of piperazine rings is 1. The van der Waals surface area contributed by atoms with E-state index in [-0.39, 0.29) is 37.0 Å². The quantitative estimate of drug-likeness (QED) is 0.493. The Kier molecular flexibility index (Phi) is 9.39. The van der Waals surface area contributed by atoms with E-state index in [9.17, 15) is 9.90 Å². The predicted molar refractivity (Wildman–Crippen MR) is 139 cm³/mol. The van der Waals surface area contributed by atoms with Crippen LogP contribution in [0.5, 0.6) is 5.75 Å². The van der Waals surface area contributed by atoms with Gasteiger partial charge in [-0.15, -0.1) is 24.8 Å². The Hall–Kier alpha value is -2.09. The number of halogens is 2. The molecule has 34 heavy (non-hydrogen) atoms. The zero-order valence-corrected chi connectivity index (χ0v) is 20.8. The second kappa shape index (κ2) is 12.0. The van der Waals surface area contributed by atoms with Crippen LogP contribution in [0.2, 0.25) is 0 Å². The molecule has 0 amide bonds. The minimum Gasteiger partial charge on any atom is -0.491 e. The molecule has 1 saturated heterocycles. The first-order chi connectivity index (χ1) is 15.7. The third-order valence-electron chi connectivity index (χ3n) is 6.57. The second-order valence-corrected chi connectivity index (χ2v) is 8.89. The lowest BCUT2D eigenvalue weighted by Crippen LogP contribution is -2.48. The topological polar surface area (TPSA) is 66.2 Å². The van der Waals surface area contributed by atoms with Crippen LogP contribution in [-0.2, 0) is 19.4 Å². The minimum atomic E-state index is -0.571. The van der Waals surface area contributed by atoms with E-state index in [1.165, 1.54) is 5.56 Å². The summed E-state index contributed by atoms with van der Waals surface area (Å²) >= 11 is 0. The van der Waals surface area contributed by atoms with Gasteiger partial charge in [-0.25, -0.2) is 4.79 Å². The fourth-order valence-corrected chi connectivity index (χ4v) is 4.87. The molecule has 1 atom stereocenters. The van der Waals surface area contributed by atoms with Gasteiger partial charge < -0.3 is 14.3 Å². The van der Waals surface area contributed by atoms with E-state index in [1.54, 1.807) is 6.07 Å². The lowest BCUT2D eigenvalue weighted by Gasteiger charge is -2.35. The fraction of sp³-hybridized carbons (Fsp3) is 0.423. The summed E-state index contributed by atoms with van der Waals surface area (Å²) < 4.78 is 11.3. The average Bonchev–Trinajstić information content (AvgIpc) is 3.31. The van der Waals surface area contributed by atoms with E-state index in [0.29, 0.717) is 17.9 Å². The zero-order valence-electron chi connectivity index (χ0n) is 19.2. The summed E-state index contributed by atoms with van der Waals surface area (Å²) in [6, 6.07) is 16.2. The molecule has 0 spiro atoms. The normalized spacial score (nSPS) is 17.0. The van der Waals surface area contributed by atoms with Gasteiger partial charge >= 0.3 is 5.63 Å². The number of fused-ring (bicyclic) bond motifs is 3. The number of rotatable bonds is 7. The maximum atomic E-state index is 12.2. The SMILES string of the molecule is Cl.Cl.O=c1oc2cc(OCC(O)CN3CCN(Cc4ccccc4)CC3)ccc2c2c1CCC2. The largest absolute Gasteiger partial charge is 0.491 e. The van der Waals surface area contributed by atoms with E-state index in [0.717, 1.165) is 68.5 Å². The molecule has 184 valence electrons. The molecular weight excluding hydrogens is 475 g/mol. The summed E-state index contributed by atoms with van der Waals surface area (Å²) in [5.74, 6) is 0.616. The zero-order chi connectivity index (χ0) is 21.9. The molecule has 1 aliphatic carbocycles. The van der Waals surface area contributed by atoms with Crippen LogP contribution in [0, 0.1) is 0 Å². The van der Waals surface area contributed by atoms with Crippen molar-refractivity contribution in [1.29, 1.82) is 0 Å². The molecule has 8 heteroatoms. The van der Waals surface area contributed by atoms with Gasteiger partial charge in [-0.3, -0.25) is 9.80 Å². The number of aliphatic hydroxyl groups is 1. The number of aliphatic hydroxyl groups excluding tert-OH is 1. The number of benzene rings is 2. The average molecular weight is 507 g/mol. The lowest BCUT2D eigenvalue weighted by molar-refractivity contribution is 0.0446. The lowest BCUT2D eigenvalue weighted by atomic mass is 10.1. The number of ether oxygens (including phenoxy) is 1. The van der Waals surface area contributed by atoms with Crippen LogP contribution >= 0.6 is 24.8 Å². The van der Waals surface area contributed by atoms with Crippen molar-refractivity contribution in [3.63, 3.8) is 0 Å². The standard InChI is InChI=1S/C26H30N2O4.2ClH/c29-20(17-28-13-11-27(12-14-28)16-19-5-2-1-3-6-19)18-31-21-9-10-23-22-7-4-8-24(22)26(30)32-25(23)15-21;;/h1-3,5-6,9-10,15,20,29H,4,7-8,11-14,16-18H2;2*1H. The molecule has 0 radical (unpaired) electrons. The molecule has 0 saturated carbocycles. The molecule has 6 nitrogen and oxygen atoms in total. The molecule has 1 aliphatic heterocycles. The molecule has 2 aliphatic rings. The van der Waals surface area contributed by atoms with Crippen molar-refractivity contribution >= 4 is 35.8 Å². The Bertz CT molecular complexity index is 1130. The minimum absolute atomic E-state index is 0. The van der Waals surface area contributed by atoms with Crippen molar-refractivity contribution < 1.29 is 14.3 Å². The number of aryl methyl sites for hydroxylation is 1. The van der Waals surface area contributed by atoms with Gasteiger partial charge in [-0.1, -0.05) is 30.3 Å². The first-order valence-electron chi connectivity index (χ1n) is 11.5. The Morgan fingerprint density at radius 3 is 2.41 bits per heavy atom. The van der Waals surface area contributed by atoms with E-state index in [4.69, 9.17) is 9.15 Å². The van der Waals surface area contributed by atoms with Crippen molar-refractivity contribution in [2.45, 2.75) is 31.9 Å². The summed E-state index contributed by atoms with van der Waals surface area (Å²) in [6.07, 6.45) is 2.16. The molecule has 1 N–H and O–H groups in total. The number of nitrogens with zero attached hydrogens (tertiary/aromatic N) is 2. The van der Waals surface area contributed by atoms with Crippen LogP contribution in [0.1, 0.15) is 23.1 Å². The van der Waals surface area contributed by atoms with E-state index >= 15 is 0 Å². The Labute approximate surface area is 212 Å². The van der Waals surface area contributed by atoms with E-state index < -0.39 is 6.10 Å². The highest BCUT2D eigenvalue weighted by Crippen LogP contribution is 2.29. The van der Waals surface area contributed by atoms with Gasteiger partial charge in [-0.05, 0) is 42.5 Å². The summed E-state index contributed by atoms with van der Waals surface area (Å²) in [7, 11) is 0. The molecule has 1 unspecified atom stereocenters. The van der Waals surface area contributed by atoms with Crippen LogP contribution in [-0.4, -0.2) is 60.3 Å². The maximum Gasteiger partial charge on any atom is 0.339 e. The highest BCUT2D eigenvalue weighted by atomic mass is 35.5. The number of β-amino-alcohol motifs (C(OH)–C–C–N with tert-alkyl or cyclic N) is 1. The summed E-state index contributed by atoms with van der Waals surface area (Å²) in [4.78, 5) is 16.9. The highest BCUT2D eigenvalue weighted by Gasteiger charge is 2.21. The molecule has 5 rings (SSSR count). The van der Waals surface area contributed by atoms with Crippen LogP contribution in [0.3, 0.4) is 0 Å². The van der Waals surface area contributed by atoms with Gasteiger partial charge in [0.05, 0.1) is 0 Å². The van der Waals surface area contributed by atoms with Crippen LogP contribution in [0.25, 0.3) is 11.0 Å². The first kappa shape index (κ1) is 26.5. The van der Waals surface area contributed by atoms with Gasteiger partial charge in [-0.2, -0.15) is 0 Å². The summed E-state index contributed by atoms with van der Waals surface area (Å²) in [6.45, 7) is 5.65. The fourth-order valence-electron chi connectivity index (χ4n) is 4.87. The third kappa shape index (κ3) is 6.12. The summed E-state index contributed by atoms with van der Waals surface area (Å²) in [5, 5.41) is 11.5. The third-order valence-corrected chi connectivity index (χ3v) is 6.57. The first-order valence-corrected chi connectivity index (χ1v) is 11.5. The molecule has 2 aromatic carbocycles. The number of hydrogen-bond acceptors (Lipinski definition) is 6. The maximum absolute atomic E-state index is 12.2. The smallest absolute Gasteiger partial charge is 0.339 e. The molecule has 2 heterocycles. The predicted octanol–water partition coefficient (Wildman–Crippen LogP) is 3.68. The molecular formula is C26H32Cl2N2O4. The van der Waals surface area contributed by atoms with Crippen molar-refractivity contribution in [2.24, 2.45) is 0 Å². The van der Waals surface area contributed by atoms with Crippen molar-refractivity contribution in [2.75, 3.05) is 39.3 Å². The summed E-state index contributed by atoms with van der Waals surface area (Å²) in [5.41, 5.74) is 3.62. The van der Waals surface area contributed by atoms with Gasteiger partial charge in [0.15, 0.2) is 0 Å². The van der Waals surface area contributed by atoms with Crippen LogP contribution in [0.15, 0.2) is 57.7 Å². The van der Waals surface area contributed by atoms with Crippen LogP contribution in [0.4, 0.5) is 0 Å². The molecule has 1 fully saturated rings. The van der Waals surface area contributed by atoms with Gasteiger partial charge in [0, 0.05) is 56.3 Å². The Morgan fingerprint density at radius 1 is 0.941 bits per heavy atom. The van der Waals surface area contributed by atoms with Gasteiger partial charge in [0.1, 0.15) is 24.0 Å². The van der Waals surface area contributed by atoms with Gasteiger partial charge in [0.2, 0.25) is 0 Å². The number of hydrogen-bond donors (Lipinski definition) is 1. The molecule has 1 aromatic heterocycles. The Morgan fingerprint density at radius 2 is 1.65 bits per heavy atom. The monoisotopic (exact) mass is 506 g/mol.